The number of aliphatic hydroxyl groups is 1. The summed E-state index contributed by atoms with van der Waals surface area (Å²) in [5.74, 6) is 0.725. The van der Waals surface area contributed by atoms with Crippen LogP contribution in [0.3, 0.4) is 0 Å². The van der Waals surface area contributed by atoms with Crippen LogP contribution < -0.4 is 5.73 Å². The molecule has 0 amide bonds. The van der Waals surface area contributed by atoms with Crippen LogP contribution in [0.15, 0.2) is 0 Å². The van der Waals surface area contributed by atoms with Crippen molar-refractivity contribution in [1.29, 1.82) is 0 Å². The second-order valence-corrected chi connectivity index (χ2v) is 3.90. The Morgan fingerprint density at radius 3 is 2.67 bits per heavy atom. The van der Waals surface area contributed by atoms with Crippen LogP contribution in [0.2, 0.25) is 0 Å². The van der Waals surface area contributed by atoms with Crippen molar-refractivity contribution in [2.45, 2.75) is 25.4 Å². The number of nitrogens with zero attached hydrogens (tertiary/aromatic N) is 1. The van der Waals surface area contributed by atoms with Gasteiger partial charge >= 0.3 is 0 Å². The summed E-state index contributed by atoms with van der Waals surface area (Å²) in [5, 5.41) is 9.07. The van der Waals surface area contributed by atoms with Crippen LogP contribution in [0, 0.1) is 5.92 Å². The zero-order valence-electron chi connectivity index (χ0n) is 7.87. The van der Waals surface area contributed by atoms with Gasteiger partial charge in [0, 0.05) is 6.54 Å². The second kappa shape index (κ2) is 4.80. The minimum atomic E-state index is -0.0158. The molecule has 1 saturated carbocycles. The summed E-state index contributed by atoms with van der Waals surface area (Å²) < 4.78 is 0. The van der Waals surface area contributed by atoms with Gasteiger partial charge in [0.1, 0.15) is 0 Å². The maximum Gasteiger partial charge on any atom is 0.0546 e. The van der Waals surface area contributed by atoms with Crippen LogP contribution >= 0.6 is 0 Å². The summed E-state index contributed by atoms with van der Waals surface area (Å²) in [4.78, 5) is 2.31. The van der Waals surface area contributed by atoms with E-state index in [1.807, 2.05) is 0 Å². The maximum absolute atomic E-state index is 9.07. The molecule has 1 rings (SSSR count). The van der Waals surface area contributed by atoms with Crippen molar-refractivity contribution in [3.05, 3.63) is 0 Å². The fourth-order valence-corrected chi connectivity index (χ4v) is 1.74. The van der Waals surface area contributed by atoms with E-state index in [1.54, 1.807) is 0 Å². The fourth-order valence-electron chi connectivity index (χ4n) is 1.74. The van der Waals surface area contributed by atoms with Gasteiger partial charge in [-0.3, -0.25) is 0 Å². The Kier molecular flexibility index (Phi) is 3.98. The minimum absolute atomic E-state index is 0.0158. The SMILES string of the molecule is CN(CCCN)CC1CC(O)C1. The van der Waals surface area contributed by atoms with Gasteiger partial charge in [0.15, 0.2) is 0 Å². The fraction of sp³-hybridized carbons (Fsp3) is 1.00. The Labute approximate surface area is 74.5 Å². The lowest BCUT2D eigenvalue weighted by Crippen LogP contribution is -2.37. The first-order valence-electron chi connectivity index (χ1n) is 4.79. The van der Waals surface area contributed by atoms with Gasteiger partial charge in [-0.05, 0) is 45.3 Å². The summed E-state index contributed by atoms with van der Waals surface area (Å²) in [6, 6.07) is 0. The first kappa shape index (κ1) is 9.96. The Morgan fingerprint density at radius 2 is 2.17 bits per heavy atom. The highest BCUT2D eigenvalue weighted by Gasteiger charge is 2.27. The van der Waals surface area contributed by atoms with Gasteiger partial charge in [0.2, 0.25) is 0 Å². The lowest BCUT2D eigenvalue weighted by molar-refractivity contribution is 0.0283. The first-order valence-corrected chi connectivity index (χ1v) is 4.79. The molecule has 1 aliphatic carbocycles. The van der Waals surface area contributed by atoms with Gasteiger partial charge in [-0.2, -0.15) is 0 Å². The first-order chi connectivity index (χ1) is 5.72. The molecule has 0 bridgehead atoms. The molecule has 1 fully saturated rings. The van der Waals surface area contributed by atoms with E-state index in [0.717, 1.165) is 44.8 Å². The van der Waals surface area contributed by atoms with Crippen molar-refractivity contribution in [2.75, 3.05) is 26.7 Å². The third-order valence-electron chi connectivity index (χ3n) is 2.52. The molecule has 0 spiro atoms. The van der Waals surface area contributed by atoms with Crippen LogP contribution in [0.1, 0.15) is 19.3 Å². The van der Waals surface area contributed by atoms with Crippen molar-refractivity contribution in [1.82, 2.24) is 4.90 Å². The molecular weight excluding hydrogens is 152 g/mol. The molecule has 0 aromatic heterocycles. The van der Waals surface area contributed by atoms with Crippen molar-refractivity contribution in [3.8, 4) is 0 Å². The number of nitrogens with two attached hydrogens (primary N) is 1. The van der Waals surface area contributed by atoms with Gasteiger partial charge in [-0.1, -0.05) is 0 Å². The predicted molar refractivity (Wildman–Crippen MR) is 49.9 cm³/mol. The summed E-state index contributed by atoms with van der Waals surface area (Å²) >= 11 is 0. The Bertz CT molecular complexity index is 124. The van der Waals surface area contributed by atoms with E-state index in [1.165, 1.54) is 0 Å². The Balaban J connectivity index is 1.98. The highest BCUT2D eigenvalue weighted by Crippen LogP contribution is 2.27. The Hall–Kier alpha value is -0.120. The minimum Gasteiger partial charge on any atom is -0.393 e. The number of aliphatic hydroxyl groups excluding tert-OH is 1. The van der Waals surface area contributed by atoms with Crippen molar-refractivity contribution in [2.24, 2.45) is 11.7 Å². The monoisotopic (exact) mass is 172 g/mol. The standard InChI is InChI=1S/C9H20N2O/c1-11(4-2-3-10)7-8-5-9(12)6-8/h8-9,12H,2-7,10H2,1H3. The van der Waals surface area contributed by atoms with Crippen LogP contribution in [0.4, 0.5) is 0 Å². The van der Waals surface area contributed by atoms with Crippen molar-refractivity contribution >= 4 is 0 Å². The van der Waals surface area contributed by atoms with Crippen molar-refractivity contribution < 1.29 is 5.11 Å². The zero-order valence-corrected chi connectivity index (χ0v) is 7.87. The van der Waals surface area contributed by atoms with E-state index in [2.05, 4.69) is 11.9 Å². The molecule has 3 nitrogen and oxygen atoms in total. The summed E-state index contributed by atoms with van der Waals surface area (Å²) in [7, 11) is 2.13. The lowest BCUT2D eigenvalue weighted by atomic mass is 9.82. The lowest BCUT2D eigenvalue weighted by Gasteiger charge is -2.34. The van der Waals surface area contributed by atoms with E-state index in [0.29, 0.717) is 0 Å². The summed E-state index contributed by atoms with van der Waals surface area (Å²) in [5.41, 5.74) is 5.41. The van der Waals surface area contributed by atoms with Gasteiger partial charge in [-0.15, -0.1) is 0 Å². The highest BCUT2D eigenvalue weighted by atomic mass is 16.3. The molecule has 0 aromatic rings. The third kappa shape index (κ3) is 3.09. The molecule has 1 aliphatic rings. The average molecular weight is 172 g/mol. The molecule has 0 saturated heterocycles. The van der Waals surface area contributed by atoms with E-state index in [-0.39, 0.29) is 6.10 Å². The number of rotatable bonds is 5. The number of hydrogen-bond donors (Lipinski definition) is 2. The zero-order chi connectivity index (χ0) is 8.97. The van der Waals surface area contributed by atoms with Crippen LogP contribution in [0.25, 0.3) is 0 Å². The summed E-state index contributed by atoms with van der Waals surface area (Å²) in [6.07, 6.45) is 3.05. The third-order valence-corrected chi connectivity index (χ3v) is 2.52. The summed E-state index contributed by atoms with van der Waals surface area (Å²) in [6.45, 7) is 2.98. The van der Waals surface area contributed by atoms with Crippen LogP contribution in [-0.4, -0.2) is 42.8 Å². The Morgan fingerprint density at radius 1 is 1.50 bits per heavy atom. The molecular formula is C9H20N2O. The maximum atomic E-state index is 9.07. The van der Waals surface area contributed by atoms with Crippen LogP contribution in [-0.2, 0) is 0 Å². The molecule has 0 radical (unpaired) electrons. The molecule has 0 atom stereocenters. The highest BCUT2D eigenvalue weighted by molar-refractivity contribution is 4.80. The van der Waals surface area contributed by atoms with Gasteiger partial charge in [0.25, 0.3) is 0 Å². The quantitative estimate of drug-likeness (QED) is 0.615. The second-order valence-electron chi connectivity index (χ2n) is 3.90. The van der Waals surface area contributed by atoms with Crippen LogP contribution in [0.5, 0.6) is 0 Å². The average Bonchev–Trinajstić information content (AvgIpc) is 1.98. The normalized spacial score (nSPS) is 29.0. The van der Waals surface area contributed by atoms with Gasteiger partial charge < -0.3 is 15.7 Å². The smallest absolute Gasteiger partial charge is 0.0546 e. The molecule has 0 aliphatic heterocycles. The molecule has 3 heteroatoms. The van der Waals surface area contributed by atoms with E-state index >= 15 is 0 Å². The molecule has 3 N–H and O–H groups in total. The van der Waals surface area contributed by atoms with E-state index < -0.39 is 0 Å². The molecule has 0 aromatic carbocycles. The molecule has 12 heavy (non-hydrogen) atoms. The van der Waals surface area contributed by atoms with Crippen molar-refractivity contribution in [3.63, 3.8) is 0 Å². The van der Waals surface area contributed by atoms with E-state index in [9.17, 15) is 0 Å². The molecule has 0 heterocycles. The van der Waals surface area contributed by atoms with Gasteiger partial charge in [-0.25, -0.2) is 0 Å². The van der Waals surface area contributed by atoms with E-state index in [4.69, 9.17) is 10.8 Å². The molecule has 72 valence electrons. The molecule has 0 unspecified atom stereocenters. The largest absolute Gasteiger partial charge is 0.393 e. The topological polar surface area (TPSA) is 49.5 Å². The number of hydrogen-bond acceptors (Lipinski definition) is 3. The van der Waals surface area contributed by atoms with Gasteiger partial charge in [0.05, 0.1) is 6.10 Å². The predicted octanol–water partition coefficient (Wildman–Crippen LogP) is 0.0379.